The lowest BCUT2D eigenvalue weighted by Gasteiger charge is -2.29. The van der Waals surface area contributed by atoms with Gasteiger partial charge in [0.05, 0.1) is 0 Å². The molecule has 0 unspecified atom stereocenters. The third-order valence-corrected chi connectivity index (χ3v) is 3.81. The van der Waals surface area contributed by atoms with Crippen molar-refractivity contribution < 1.29 is 23.0 Å². The molecule has 26 heavy (non-hydrogen) atoms. The smallest absolute Gasteiger partial charge is 0.428 e. The van der Waals surface area contributed by atoms with Crippen LogP contribution in [-0.4, -0.2) is 17.4 Å². The van der Waals surface area contributed by atoms with Gasteiger partial charge in [-0.3, -0.25) is 0 Å². The summed E-state index contributed by atoms with van der Waals surface area (Å²) in [6, 6.07) is 12.1. The van der Waals surface area contributed by atoms with E-state index < -0.39 is 17.4 Å². The maximum Gasteiger partial charge on any atom is 0.509 e. The molecule has 3 nitrogen and oxygen atoms in total. The number of carbonyl (C=O) groups is 1. The first kappa shape index (κ1) is 19.9. The van der Waals surface area contributed by atoms with Gasteiger partial charge in [0.1, 0.15) is 22.8 Å². The Hall–Kier alpha value is -2.43. The fourth-order valence-corrected chi connectivity index (χ4v) is 2.73. The highest BCUT2D eigenvalue weighted by Gasteiger charge is 2.29. The summed E-state index contributed by atoms with van der Waals surface area (Å²) in [5.74, 6) is -0.621. The summed E-state index contributed by atoms with van der Waals surface area (Å²) in [6.07, 6.45) is 0.0888. The molecule has 0 saturated carbocycles. The van der Waals surface area contributed by atoms with Gasteiger partial charge in [-0.2, -0.15) is 0 Å². The molecule has 0 aromatic heterocycles. The third-order valence-electron chi connectivity index (χ3n) is 3.81. The largest absolute Gasteiger partial charge is 0.509 e. The molecular formula is C21H24F2O3. The Bertz CT molecular complexity index is 671. The monoisotopic (exact) mass is 362 g/mol. The van der Waals surface area contributed by atoms with Crippen LogP contribution in [0.15, 0.2) is 48.5 Å². The van der Waals surface area contributed by atoms with Gasteiger partial charge in [-0.05, 0) is 63.1 Å². The Morgan fingerprint density at radius 1 is 0.731 bits per heavy atom. The van der Waals surface area contributed by atoms with Gasteiger partial charge in [-0.25, -0.2) is 13.6 Å². The molecule has 2 aromatic carbocycles. The van der Waals surface area contributed by atoms with Crippen LogP contribution in [0.2, 0.25) is 0 Å². The first-order chi connectivity index (χ1) is 12.0. The van der Waals surface area contributed by atoms with Crippen molar-refractivity contribution in [3.8, 4) is 0 Å². The van der Waals surface area contributed by atoms with Crippen LogP contribution < -0.4 is 0 Å². The molecule has 0 aliphatic carbocycles. The van der Waals surface area contributed by atoms with E-state index in [2.05, 4.69) is 0 Å². The lowest BCUT2D eigenvalue weighted by molar-refractivity contribution is -0.0582. The molecule has 0 spiro atoms. The van der Waals surface area contributed by atoms with Crippen molar-refractivity contribution in [1.29, 1.82) is 0 Å². The zero-order valence-corrected chi connectivity index (χ0v) is 15.5. The molecule has 0 aliphatic heterocycles. The Labute approximate surface area is 152 Å². The first-order valence-corrected chi connectivity index (χ1v) is 8.46. The van der Waals surface area contributed by atoms with E-state index in [1.54, 1.807) is 52.0 Å². The van der Waals surface area contributed by atoms with Crippen LogP contribution in [0.1, 0.15) is 38.8 Å². The highest BCUT2D eigenvalue weighted by molar-refractivity contribution is 5.61. The summed E-state index contributed by atoms with van der Waals surface area (Å²) in [5, 5.41) is 0. The Kier molecular flexibility index (Phi) is 6.01. The standard InChI is InChI=1S/C21H24F2O3/c1-20(2,13-15-5-9-17(22)10-6-15)25-19(24)26-21(3,4)14-16-7-11-18(23)12-8-16/h5-12H,13-14H2,1-4H3. The van der Waals surface area contributed by atoms with Crippen LogP contribution in [-0.2, 0) is 22.3 Å². The van der Waals surface area contributed by atoms with Gasteiger partial charge in [0, 0.05) is 12.8 Å². The molecule has 0 heterocycles. The lowest BCUT2D eigenvalue weighted by atomic mass is 9.98. The predicted molar refractivity (Wildman–Crippen MR) is 95.9 cm³/mol. The predicted octanol–water partition coefficient (Wildman–Crippen LogP) is 5.46. The van der Waals surface area contributed by atoms with Crippen LogP contribution in [0, 0.1) is 11.6 Å². The van der Waals surface area contributed by atoms with E-state index in [1.165, 1.54) is 24.3 Å². The summed E-state index contributed by atoms with van der Waals surface area (Å²) in [6.45, 7) is 7.07. The molecule has 0 aliphatic rings. The van der Waals surface area contributed by atoms with Crippen LogP contribution in [0.25, 0.3) is 0 Å². The SMILES string of the molecule is CC(C)(Cc1ccc(F)cc1)OC(=O)OC(C)(C)Cc1ccc(F)cc1. The van der Waals surface area contributed by atoms with E-state index in [9.17, 15) is 13.6 Å². The summed E-state index contributed by atoms with van der Waals surface area (Å²) < 4.78 is 36.9. The van der Waals surface area contributed by atoms with Crippen molar-refractivity contribution in [1.82, 2.24) is 0 Å². The van der Waals surface area contributed by atoms with E-state index in [0.717, 1.165) is 11.1 Å². The van der Waals surface area contributed by atoms with Gasteiger partial charge in [0.25, 0.3) is 0 Å². The summed E-state index contributed by atoms with van der Waals surface area (Å²) in [4.78, 5) is 12.2. The highest BCUT2D eigenvalue weighted by Crippen LogP contribution is 2.22. The molecule has 5 heteroatoms. The maximum atomic E-state index is 13.0. The van der Waals surface area contributed by atoms with E-state index in [4.69, 9.17) is 9.47 Å². The zero-order chi connectivity index (χ0) is 19.4. The van der Waals surface area contributed by atoms with Crippen molar-refractivity contribution in [2.75, 3.05) is 0 Å². The average Bonchev–Trinajstić information content (AvgIpc) is 2.50. The van der Waals surface area contributed by atoms with Crippen molar-refractivity contribution >= 4 is 6.16 Å². The number of ether oxygens (including phenoxy) is 2. The second-order valence-electron chi connectivity index (χ2n) is 7.58. The van der Waals surface area contributed by atoms with Gasteiger partial charge in [-0.1, -0.05) is 24.3 Å². The molecule has 0 N–H and O–H groups in total. The maximum absolute atomic E-state index is 13.0. The topological polar surface area (TPSA) is 35.5 Å². The average molecular weight is 362 g/mol. The molecule has 0 radical (unpaired) electrons. The minimum atomic E-state index is -0.805. The van der Waals surface area contributed by atoms with E-state index >= 15 is 0 Å². The molecule has 0 fully saturated rings. The number of rotatable bonds is 6. The molecular weight excluding hydrogens is 338 g/mol. The van der Waals surface area contributed by atoms with Crippen LogP contribution >= 0.6 is 0 Å². The molecule has 2 rings (SSSR count). The highest BCUT2D eigenvalue weighted by atomic mass is 19.1. The molecule has 140 valence electrons. The summed E-state index contributed by atoms with van der Waals surface area (Å²) >= 11 is 0. The molecule has 0 amide bonds. The number of halogens is 2. The van der Waals surface area contributed by atoms with Crippen molar-refractivity contribution in [2.24, 2.45) is 0 Å². The number of hydrogen-bond acceptors (Lipinski definition) is 3. The normalized spacial score (nSPS) is 11.9. The van der Waals surface area contributed by atoms with Crippen LogP contribution in [0.5, 0.6) is 0 Å². The number of benzene rings is 2. The third kappa shape index (κ3) is 6.47. The zero-order valence-electron chi connectivity index (χ0n) is 15.5. The van der Waals surface area contributed by atoms with Gasteiger partial charge in [0.15, 0.2) is 0 Å². The van der Waals surface area contributed by atoms with Crippen molar-refractivity contribution in [3.05, 3.63) is 71.3 Å². The van der Waals surface area contributed by atoms with Gasteiger partial charge >= 0.3 is 6.16 Å². The minimum Gasteiger partial charge on any atom is -0.428 e. The molecule has 0 saturated heterocycles. The van der Waals surface area contributed by atoms with Crippen molar-refractivity contribution in [3.63, 3.8) is 0 Å². The number of hydrogen-bond donors (Lipinski definition) is 0. The van der Waals surface area contributed by atoms with E-state index in [-0.39, 0.29) is 11.6 Å². The Morgan fingerprint density at radius 2 is 1.04 bits per heavy atom. The Morgan fingerprint density at radius 3 is 1.35 bits per heavy atom. The van der Waals surface area contributed by atoms with Gasteiger partial charge in [-0.15, -0.1) is 0 Å². The summed E-state index contributed by atoms with van der Waals surface area (Å²) in [5.41, 5.74) is 0.103. The Balaban J connectivity index is 1.92. The van der Waals surface area contributed by atoms with Gasteiger partial charge in [0.2, 0.25) is 0 Å². The quantitative estimate of drug-likeness (QED) is 0.640. The summed E-state index contributed by atoms with van der Waals surface area (Å²) in [7, 11) is 0. The minimum absolute atomic E-state index is 0.311. The molecule has 0 bridgehead atoms. The first-order valence-electron chi connectivity index (χ1n) is 8.46. The lowest BCUT2D eigenvalue weighted by Crippen LogP contribution is -2.36. The second kappa shape index (κ2) is 7.85. The molecule has 2 aromatic rings. The second-order valence-corrected chi connectivity index (χ2v) is 7.58. The van der Waals surface area contributed by atoms with Crippen molar-refractivity contribution in [2.45, 2.75) is 51.7 Å². The van der Waals surface area contributed by atoms with Gasteiger partial charge < -0.3 is 9.47 Å². The van der Waals surface area contributed by atoms with Crippen LogP contribution in [0.3, 0.4) is 0 Å². The molecule has 0 atom stereocenters. The van der Waals surface area contributed by atoms with Crippen LogP contribution in [0.4, 0.5) is 13.6 Å². The number of carbonyl (C=O) groups excluding carboxylic acids is 1. The van der Waals surface area contributed by atoms with E-state index in [1.807, 2.05) is 0 Å². The fraction of sp³-hybridized carbons (Fsp3) is 0.381. The fourth-order valence-electron chi connectivity index (χ4n) is 2.73. The van der Waals surface area contributed by atoms with E-state index in [0.29, 0.717) is 12.8 Å².